The van der Waals surface area contributed by atoms with Gasteiger partial charge in [-0.05, 0) is 61.8 Å². The van der Waals surface area contributed by atoms with Crippen molar-refractivity contribution in [2.24, 2.45) is 17.8 Å². The molecule has 0 aliphatic heterocycles. The Morgan fingerprint density at radius 2 is 2.10 bits per heavy atom. The molecule has 3 atom stereocenters. The molecule has 2 aliphatic rings. The molecule has 0 heterocycles. The first-order chi connectivity index (χ1) is 9.80. The summed E-state index contributed by atoms with van der Waals surface area (Å²) in [6.07, 6.45) is 5.66. The molecule has 1 aromatic rings. The van der Waals surface area contributed by atoms with Gasteiger partial charge < -0.3 is 14.8 Å². The number of hydrogen-bond acceptors (Lipinski definition) is 3. The third-order valence-electron chi connectivity index (χ3n) is 4.95. The molecule has 3 unspecified atom stereocenters. The molecule has 2 bridgehead atoms. The van der Waals surface area contributed by atoms with E-state index in [2.05, 4.69) is 17.4 Å². The van der Waals surface area contributed by atoms with Gasteiger partial charge in [0, 0.05) is 6.54 Å². The standard InChI is InChI=1S/C17H25NO2/c1-18-10-13-4-6-16(17(9-13)19-2)20-11-15-8-12-3-5-14(15)7-12/h4,6,9,12,14-15,18H,3,5,7-8,10-11H2,1-2H3. The van der Waals surface area contributed by atoms with Crippen LogP contribution in [-0.2, 0) is 6.54 Å². The van der Waals surface area contributed by atoms with Gasteiger partial charge in [-0.1, -0.05) is 12.5 Å². The molecular weight excluding hydrogens is 250 g/mol. The van der Waals surface area contributed by atoms with Crippen LogP contribution >= 0.6 is 0 Å². The summed E-state index contributed by atoms with van der Waals surface area (Å²) in [5, 5.41) is 3.15. The predicted molar refractivity (Wildman–Crippen MR) is 80.2 cm³/mol. The summed E-state index contributed by atoms with van der Waals surface area (Å²) >= 11 is 0. The van der Waals surface area contributed by atoms with Gasteiger partial charge in [0.15, 0.2) is 11.5 Å². The van der Waals surface area contributed by atoms with E-state index in [0.29, 0.717) is 0 Å². The number of nitrogens with one attached hydrogen (secondary N) is 1. The number of hydrogen-bond donors (Lipinski definition) is 1. The minimum absolute atomic E-state index is 0.760. The Labute approximate surface area is 121 Å². The highest BCUT2D eigenvalue weighted by molar-refractivity contribution is 5.43. The maximum absolute atomic E-state index is 6.05. The highest BCUT2D eigenvalue weighted by Gasteiger charge is 2.39. The first-order valence-electron chi connectivity index (χ1n) is 7.74. The lowest BCUT2D eigenvalue weighted by Crippen LogP contribution is -2.18. The average molecular weight is 275 g/mol. The molecule has 0 spiro atoms. The van der Waals surface area contributed by atoms with Crippen LogP contribution in [0.1, 0.15) is 31.2 Å². The van der Waals surface area contributed by atoms with Gasteiger partial charge in [-0.3, -0.25) is 0 Å². The molecule has 2 saturated carbocycles. The number of benzene rings is 1. The molecule has 20 heavy (non-hydrogen) atoms. The molecule has 1 aromatic carbocycles. The summed E-state index contributed by atoms with van der Waals surface area (Å²) in [5.74, 6) is 4.38. The third kappa shape index (κ3) is 2.78. The molecule has 3 rings (SSSR count). The van der Waals surface area contributed by atoms with Gasteiger partial charge in [0.05, 0.1) is 13.7 Å². The first-order valence-corrected chi connectivity index (χ1v) is 7.74. The molecule has 3 heteroatoms. The molecule has 1 N–H and O–H groups in total. The average Bonchev–Trinajstić information content (AvgIpc) is 3.08. The summed E-state index contributed by atoms with van der Waals surface area (Å²) in [6, 6.07) is 6.21. The second-order valence-electron chi connectivity index (χ2n) is 6.26. The van der Waals surface area contributed by atoms with Crippen LogP contribution in [0.15, 0.2) is 18.2 Å². The molecule has 0 amide bonds. The van der Waals surface area contributed by atoms with E-state index in [-0.39, 0.29) is 0 Å². The second kappa shape index (κ2) is 6.04. The fraction of sp³-hybridized carbons (Fsp3) is 0.647. The zero-order valence-corrected chi connectivity index (χ0v) is 12.5. The molecular formula is C17H25NO2. The summed E-state index contributed by atoms with van der Waals surface area (Å²) in [5.41, 5.74) is 1.22. The van der Waals surface area contributed by atoms with Crippen molar-refractivity contribution >= 4 is 0 Å². The SMILES string of the molecule is CNCc1ccc(OCC2CC3CCC2C3)c(OC)c1. The Bertz CT molecular complexity index is 460. The van der Waals surface area contributed by atoms with Crippen molar-refractivity contribution in [3.05, 3.63) is 23.8 Å². The van der Waals surface area contributed by atoms with Gasteiger partial charge in [-0.25, -0.2) is 0 Å². The van der Waals surface area contributed by atoms with Crippen molar-refractivity contribution < 1.29 is 9.47 Å². The van der Waals surface area contributed by atoms with Gasteiger partial charge in [-0.15, -0.1) is 0 Å². The Morgan fingerprint density at radius 1 is 1.20 bits per heavy atom. The zero-order valence-electron chi connectivity index (χ0n) is 12.5. The third-order valence-corrected chi connectivity index (χ3v) is 4.95. The van der Waals surface area contributed by atoms with Crippen molar-refractivity contribution in [1.29, 1.82) is 0 Å². The van der Waals surface area contributed by atoms with E-state index < -0.39 is 0 Å². The Balaban J connectivity index is 1.62. The van der Waals surface area contributed by atoms with Crippen LogP contribution in [0.3, 0.4) is 0 Å². The van der Waals surface area contributed by atoms with E-state index in [0.717, 1.165) is 42.4 Å². The summed E-state index contributed by atoms with van der Waals surface area (Å²) in [7, 11) is 3.66. The largest absolute Gasteiger partial charge is 0.493 e. The second-order valence-corrected chi connectivity index (χ2v) is 6.26. The normalized spacial score (nSPS) is 27.8. The minimum Gasteiger partial charge on any atom is -0.493 e. The van der Waals surface area contributed by atoms with Crippen LogP contribution in [-0.4, -0.2) is 20.8 Å². The van der Waals surface area contributed by atoms with Gasteiger partial charge in [0.1, 0.15) is 0 Å². The molecule has 2 aliphatic carbocycles. The minimum atomic E-state index is 0.760. The fourth-order valence-electron chi connectivity index (χ4n) is 3.92. The van der Waals surface area contributed by atoms with Crippen LogP contribution in [0.2, 0.25) is 0 Å². The maximum atomic E-state index is 6.05. The quantitative estimate of drug-likeness (QED) is 0.864. The Kier molecular flexibility index (Phi) is 4.16. The van der Waals surface area contributed by atoms with Crippen LogP contribution < -0.4 is 14.8 Å². The van der Waals surface area contributed by atoms with Crippen LogP contribution in [0, 0.1) is 17.8 Å². The highest BCUT2D eigenvalue weighted by Crippen LogP contribution is 2.48. The van der Waals surface area contributed by atoms with Crippen molar-refractivity contribution in [3.8, 4) is 11.5 Å². The zero-order chi connectivity index (χ0) is 13.9. The van der Waals surface area contributed by atoms with E-state index in [1.54, 1.807) is 7.11 Å². The predicted octanol–water partition coefficient (Wildman–Crippen LogP) is 3.23. The smallest absolute Gasteiger partial charge is 0.161 e. The number of fused-ring (bicyclic) bond motifs is 2. The van der Waals surface area contributed by atoms with Gasteiger partial charge in [0.25, 0.3) is 0 Å². The number of ether oxygens (including phenoxy) is 2. The molecule has 0 aromatic heterocycles. The lowest BCUT2D eigenvalue weighted by atomic mass is 9.89. The van der Waals surface area contributed by atoms with Gasteiger partial charge >= 0.3 is 0 Å². The topological polar surface area (TPSA) is 30.5 Å². The van der Waals surface area contributed by atoms with E-state index in [9.17, 15) is 0 Å². The first kappa shape index (κ1) is 13.7. The molecule has 0 radical (unpaired) electrons. The van der Waals surface area contributed by atoms with E-state index in [1.165, 1.54) is 31.2 Å². The van der Waals surface area contributed by atoms with Crippen molar-refractivity contribution in [2.75, 3.05) is 20.8 Å². The molecule has 3 nitrogen and oxygen atoms in total. The number of rotatable bonds is 6. The van der Waals surface area contributed by atoms with Gasteiger partial charge in [0.2, 0.25) is 0 Å². The summed E-state index contributed by atoms with van der Waals surface area (Å²) < 4.78 is 11.5. The monoisotopic (exact) mass is 275 g/mol. The van der Waals surface area contributed by atoms with Crippen molar-refractivity contribution in [1.82, 2.24) is 5.32 Å². The maximum Gasteiger partial charge on any atom is 0.161 e. The van der Waals surface area contributed by atoms with E-state index in [4.69, 9.17) is 9.47 Å². The number of methoxy groups -OCH3 is 1. The molecule has 0 saturated heterocycles. The van der Waals surface area contributed by atoms with E-state index >= 15 is 0 Å². The lowest BCUT2D eigenvalue weighted by Gasteiger charge is -2.22. The van der Waals surface area contributed by atoms with E-state index in [1.807, 2.05) is 13.1 Å². The van der Waals surface area contributed by atoms with Crippen LogP contribution in [0.25, 0.3) is 0 Å². The molecule has 110 valence electrons. The lowest BCUT2D eigenvalue weighted by molar-refractivity contribution is 0.189. The Hall–Kier alpha value is -1.22. The summed E-state index contributed by atoms with van der Waals surface area (Å²) in [4.78, 5) is 0. The van der Waals surface area contributed by atoms with Gasteiger partial charge in [-0.2, -0.15) is 0 Å². The fourth-order valence-corrected chi connectivity index (χ4v) is 3.92. The molecule has 2 fully saturated rings. The van der Waals surface area contributed by atoms with Crippen LogP contribution in [0.4, 0.5) is 0 Å². The van der Waals surface area contributed by atoms with Crippen molar-refractivity contribution in [3.63, 3.8) is 0 Å². The Morgan fingerprint density at radius 3 is 2.75 bits per heavy atom. The van der Waals surface area contributed by atoms with Crippen molar-refractivity contribution in [2.45, 2.75) is 32.2 Å². The van der Waals surface area contributed by atoms with Crippen LogP contribution in [0.5, 0.6) is 11.5 Å². The highest BCUT2D eigenvalue weighted by atomic mass is 16.5. The summed E-state index contributed by atoms with van der Waals surface area (Å²) in [6.45, 7) is 1.70.